The van der Waals surface area contributed by atoms with Gasteiger partial charge < -0.3 is 9.42 Å². The third-order valence-electron chi connectivity index (χ3n) is 4.64. The predicted octanol–water partition coefficient (Wildman–Crippen LogP) is 3.68. The number of hydrogen-bond acceptors (Lipinski definition) is 5. The highest BCUT2D eigenvalue weighted by Gasteiger charge is 2.32. The number of likely N-dealkylation sites (tertiary alicyclic amines) is 1. The van der Waals surface area contributed by atoms with Gasteiger partial charge in [-0.1, -0.05) is 12.1 Å². The summed E-state index contributed by atoms with van der Waals surface area (Å²) in [6.07, 6.45) is 5.75. The van der Waals surface area contributed by atoms with Gasteiger partial charge in [0.2, 0.25) is 5.91 Å². The smallest absolute Gasteiger partial charge is 0.226 e. The lowest BCUT2D eigenvalue weighted by molar-refractivity contribution is -0.139. The Morgan fingerprint density at radius 2 is 2.30 bits per heavy atom. The van der Waals surface area contributed by atoms with Gasteiger partial charge in [0.05, 0.1) is 11.7 Å². The fourth-order valence-corrected chi connectivity index (χ4v) is 4.11. The van der Waals surface area contributed by atoms with Gasteiger partial charge in [-0.3, -0.25) is 4.79 Å². The Morgan fingerprint density at radius 1 is 1.48 bits per heavy atom. The Labute approximate surface area is 140 Å². The Kier molecular flexibility index (Phi) is 4.80. The maximum Gasteiger partial charge on any atom is 0.226 e. The zero-order chi connectivity index (χ0) is 16.4. The molecule has 1 aliphatic heterocycles. The number of piperidine rings is 1. The number of hydrogen-bond donors (Lipinski definition) is 0. The highest BCUT2D eigenvalue weighted by atomic mass is 32.1. The second kappa shape index (κ2) is 6.83. The van der Waals surface area contributed by atoms with E-state index in [1.165, 1.54) is 0 Å². The third-order valence-corrected chi connectivity index (χ3v) is 5.51. The number of rotatable bonds is 4. The van der Waals surface area contributed by atoms with E-state index in [9.17, 15) is 4.79 Å². The van der Waals surface area contributed by atoms with Crippen molar-refractivity contribution in [1.82, 2.24) is 15.0 Å². The van der Waals surface area contributed by atoms with Crippen molar-refractivity contribution in [2.75, 3.05) is 6.54 Å². The monoisotopic (exact) mass is 333 g/mol. The number of carbonyl (C=O) groups is 1. The molecule has 0 bridgehead atoms. The lowest BCUT2D eigenvalue weighted by atomic mass is 9.95. The van der Waals surface area contributed by atoms with E-state index in [0.717, 1.165) is 47.8 Å². The van der Waals surface area contributed by atoms with Gasteiger partial charge >= 0.3 is 0 Å². The second-order valence-electron chi connectivity index (χ2n) is 6.32. The van der Waals surface area contributed by atoms with Crippen LogP contribution in [0.3, 0.4) is 0 Å². The fraction of sp³-hybridized carbons (Fsp3) is 0.588. The largest absolute Gasteiger partial charge is 0.361 e. The predicted molar refractivity (Wildman–Crippen MR) is 89.3 cm³/mol. The number of nitrogens with zero attached hydrogens (tertiary/aromatic N) is 3. The summed E-state index contributed by atoms with van der Waals surface area (Å²) in [6.45, 7) is 6.67. The second-order valence-corrected chi connectivity index (χ2v) is 7.25. The summed E-state index contributed by atoms with van der Waals surface area (Å²) in [4.78, 5) is 19.5. The lowest BCUT2D eigenvalue weighted by Crippen LogP contribution is -2.41. The molecule has 0 unspecified atom stereocenters. The molecule has 124 valence electrons. The van der Waals surface area contributed by atoms with E-state index in [1.807, 2.05) is 37.2 Å². The van der Waals surface area contributed by atoms with Crippen LogP contribution in [0.4, 0.5) is 0 Å². The molecular weight excluding hydrogens is 310 g/mol. The van der Waals surface area contributed by atoms with Crippen molar-refractivity contribution in [3.05, 3.63) is 33.6 Å². The van der Waals surface area contributed by atoms with E-state index in [1.54, 1.807) is 11.3 Å². The van der Waals surface area contributed by atoms with E-state index in [0.29, 0.717) is 6.42 Å². The summed E-state index contributed by atoms with van der Waals surface area (Å²) in [6, 6.07) is 0.142. The minimum Gasteiger partial charge on any atom is -0.361 e. The number of aryl methyl sites for hydroxylation is 2. The van der Waals surface area contributed by atoms with Crippen molar-refractivity contribution < 1.29 is 9.32 Å². The van der Waals surface area contributed by atoms with Gasteiger partial charge in [0.25, 0.3) is 0 Å². The van der Waals surface area contributed by atoms with Crippen LogP contribution < -0.4 is 0 Å². The van der Waals surface area contributed by atoms with Crippen LogP contribution in [0, 0.1) is 19.8 Å². The third kappa shape index (κ3) is 3.32. The molecule has 2 atom stereocenters. The molecule has 6 heteroatoms. The van der Waals surface area contributed by atoms with Gasteiger partial charge in [-0.25, -0.2) is 4.98 Å². The summed E-state index contributed by atoms with van der Waals surface area (Å²) in [5.74, 6) is 0.953. The quantitative estimate of drug-likeness (QED) is 0.856. The van der Waals surface area contributed by atoms with E-state index in [-0.39, 0.29) is 17.9 Å². The maximum atomic E-state index is 13.0. The molecule has 0 radical (unpaired) electrons. The van der Waals surface area contributed by atoms with Gasteiger partial charge in [0.15, 0.2) is 0 Å². The van der Waals surface area contributed by atoms with Crippen LogP contribution in [0.5, 0.6) is 0 Å². The lowest BCUT2D eigenvalue weighted by Gasteiger charge is -2.36. The van der Waals surface area contributed by atoms with E-state index >= 15 is 0 Å². The maximum absolute atomic E-state index is 13.0. The van der Waals surface area contributed by atoms with Crippen LogP contribution in [0.1, 0.15) is 54.3 Å². The molecule has 1 saturated heterocycles. The molecular formula is C17H23N3O2S. The molecule has 0 saturated carbocycles. The molecule has 2 aromatic rings. The van der Waals surface area contributed by atoms with Crippen molar-refractivity contribution in [1.29, 1.82) is 0 Å². The summed E-state index contributed by atoms with van der Waals surface area (Å²) in [7, 11) is 0. The first kappa shape index (κ1) is 16.2. The van der Waals surface area contributed by atoms with Crippen molar-refractivity contribution in [2.45, 2.75) is 52.5 Å². The van der Waals surface area contributed by atoms with Crippen LogP contribution in [-0.2, 0) is 11.2 Å². The van der Waals surface area contributed by atoms with Gasteiger partial charge in [0, 0.05) is 29.6 Å². The zero-order valence-electron chi connectivity index (χ0n) is 13.9. The van der Waals surface area contributed by atoms with Gasteiger partial charge in [0.1, 0.15) is 10.8 Å². The molecule has 3 rings (SSSR count). The molecule has 0 aromatic carbocycles. The average Bonchev–Trinajstić information content (AvgIpc) is 3.20. The molecule has 1 fully saturated rings. The molecule has 0 N–H and O–H groups in total. The van der Waals surface area contributed by atoms with Crippen LogP contribution in [0.15, 0.2) is 16.1 Å². The summed E-state index contributed by atoms with van der Waals surface area (Å²) in [5.41, 5.74) is 1.95. The number of carbonyl (C=O) groups excluding carboxylic acids is 1. The molecule has 5 nitrogen and oxygen atoms in total. The summed E-state index contributed by atoms with van der Waals surface area (Å²) in [5, 5.41) is 7.03. The standard InChI is InChI=1S/C17H23N3O2S/c1-11(10-14-12(2)19-22-13(14)3)17(21)20-8-5-4-6-15(20)16-18-7-9-23-16/h7,9,11,15H,4-6,8,10H2,1-3H3/t11-,15+/m0/s1. The van der Waals surface area contributed by atoms with E-state index in [2.05, 4.69) is 10.1 Å². The Hall–Kier alpha value is -1.69. The molecule has 3 heterocycles. The highest BCUT2D eigenvalue weighted by Crippen LogP contribution is 2.33. The van der Waals surface area contributed by atoms with Gasteiger partial charge in [-0.15, -0.1) is 11.3 Å². The Morgan fingerprint density at radius 3 is 2.96 bits per heavy atom. The van der Waals surface area contributed by atoms with Gasteiger partial charge in [-0.2, -0.15) is 0 Å². The molecule has 2 aromatic heterocycles. The van der Waals surface area contributed by atoms with E-state index < -0.39 is 0 Å². The normalized spacial score (nSPS) is 19.8. The first-order valence-electron chi connectivity index (χ1n) is 8.19. The fourth-order valence-electron chi connectivity index (χ4n) is 3.32. The minimum atomic E-state index is -0.0765. The Bertz CT molecular complexity index is 646. The van der Waals surface area contributed by atoms with Crippen molar-refractivity contribution >= 4 is 17.2 Å². The molecule has 23 heavy (non-hydrogen) atoms. The van der Waals surface area contributed by atoms with Gasteiger partial charge in [-0.05, 0) is 39.5 Å². The van der Waals surface area contributed by atoms with Crippen LogP contribution in [0.25, 0.3) is 0 Å². The highest BCUT2D eigenvalue weighted by molar-refractivity contribution is 7.09. The number of thiazole rings is 1. The van der Waals surface area contributed by atoms with Crippen molar-refractivity contribution in [2.24, 2.45) is 5.92 Å². The first-order valence-corrected chi connectivity index (χ1v) is 9.07. The molecule has 0 spiro atoms. The van der Waals surface area contributed by atoms with Crippen molar-refractivity contribution in [3.8, 4) is 0 Å². The number of aromatic nitrogens is 2. The molecule has 1 aliphatic rings. The van der Waals surface area contributed by atoms with Crippen LogP contribution in [0.2, 0.25) is 0 Å². The summed E-state index contributed by atoms with van der Waals surface area (Å²) >= 11 is 1.64. The van der Waals surface area contributed by atoms with Crippen molar-refractivity contribution in [3.63, 3.8) is 0 Å². The van der Waals surface area contributed by atoms with E-state index in [4.69, 9.17) is 4.52 Å². The SMILES string of the molecule is Cc1noc(C)c1C[C@H](C)C(=O)N1CCCC[C@@H]1c1nccs1. The van der Waals surface area contributed by atoms with Crippen LogP contribution >= 0.6 is 11.3 Å². The zero-order valence-corrected chi connectivity index (χ0v) is 14.7. The number of amides is 1. The summed E-state index contributed by atoms with van der Waals surface area (Å²) < 4.78 is 5.22. The molecule has 0 aliphatic carbocycles. The first-order chi connectivity index (χ1) is 11.1. The topological polar surface area (TPSA) is 59.2 Å². The Balaban J connectivity index is 1.75. The molecule has 1 amide bonds. The van der Waals surface area contributed by atoms with Crippen LogP contribution in [-0.4, -0.2) is 27.5 Å². The minimum absolute atomic E-state index is 0.0765. The average molecular weight is 333 g/mol.